The van der Waals surface area contributed by atoms with E-state index in [4.69, 9.17) is 0 Å². The van der Waals surface area contributed by atoms with Crippen molar-refractivity contribution in [3.63, 3.8) is 0 Å². The second kappa shape index (κ2) is 8.57. The van der Waals surface area contributed by atoms with Gasteiger partial charge in [0.25, 0.3) is 0 Å². The number of hydrogen-bond donors (Lipinski definition) is 1. The van der Waals surface area contributed by atoms with Gasteiger partial charge in [-0.1, -0.05) is 13.8 Å². The highest BCUT2D eigenvalue weighted by molar-refractivity contribution is 7.88. The molecule has 1 aromatic rings. The highest BCUT2D eigenvalue weighted by Crippen LogP contribution is 2.46. The van der Waals surface area contributed by atoms with Crippen LogP contribution in [-0.2, 0) is 21.0 Å². The lowest BCUT2D eigenvalue weighted by Crippen LogP contribution is -2.54. The first-order chi connectivity index (χ1) is 14.3. The molecule has 174 valence electrons. The summed E-state index contributed by atoms with van der Waals surface area (Å²) in [5, 5.41) is 0. The van der Waals surface area contributed by atoms with Crippen LogP contribution in [0.3, 0.4) is 0 Å². The van der Waals surface area contributed by atoms with E-state index in [1.54, 1.807) is 9.80 Å². The summed E-state index contributed by atoms with van der Waals surface area (Å²) < 4.78 is 64.8. The van der Waals surface area contributed by atoms with Crippen LogP contribution in [0.1, 0.15) is 38.7 Å². The molecular formula is C20H29F3N4O3S. The number of pyridine rings is 1. The fraction of sp³-hybridized carbons (Fsp3) is 0.700. The third kappa shape index (κ3) is 5.31. The third-order valence-corrected chi connectivity index (χ3v) is 7.19. The van der Waals surface area contributed by atoms with Crippen molar-refractivity contribution in [2.75, 3.05) is 37.3 Å². The van der Waals surface area contributed by atoms with Crippen LogP contribution in [0.4, 0.5) is 19.0 Å². The maximum absolute atomic E-state index is 13.5. The van der Waals surface area contributed by atoms with Gasteiger partial charge in [0.15, 0.2) is 0 Å². The molecule has 0 bridgehead atoms. The summed E-state index contributed by atoms with van der Waals surface area (Å²) >= 11 is 0. The molecular weight excluding hydrogens is 433 g/mol. The predicted octanol–water partition coefficient (Wildman–Crippen LogP) is 2.49. The van der Waals surface area contributed by atoms with Gasteiger partial charge in [0, 0.05) is 38.4 Å². The van der Waals surface area contributed by atoms with Gasteiger partial charge in [-0.3, -0.25) is 4.79 Å². The van der Waals surface area contributed by atoms with Gasteiger partial charge in [0.2, 0.25) is 15.9 Å². The van der Waals surface area contributed by atoms with Gasteiger partial charge in [-0.15, -0.1) is 0 Å². The van der Waals surface area contributed by atoms with Gasteiger partial charge in [0.05, 0.1) is 17.2 Å². The van der Waals surface area contributed by atoms with Crippen molar-refractivity contribution in [1.82, 2.24) is 14.6 Å². The maximum atomic E-state index is 13.5. The fourth-order valence-corrected chi connectivity index (χ4v) is 5.47. The topological polar surface area (TPSA) is 82.6 Å². The van der Waals surface area contributed by atoms with Crippen LogP contribution < -0.4 is 9.62 Å². The highest BCUT2D eigenvalue weighted by atomic mass is 32.2. The summed E-state index contributed by atoms with van der Waals surface area (Å²) in [7, 11) is -3.35. The smallest absolute Gasteiger partial charge is 0.353 e. The molecule has 7 nitrogen and oxygen atoms in total. The van der Waals surface area contributed by atoms with Gasteiger partial charge in [-0.25, -0.2) is 18.1 Å². The number of sulfonamides is 1. The first-order valence-electron chi connectivity index (χ1n) is 10.4. The Bertz CT molecular complexity index is 914. The zero-order chi connectivity index (χ0) is 23.0. The Kier molecular flexibility index (Phi) is 6.57. The van der Waals surface area contributed by atoms with Gasteiger partial charge in [-0.2, -0.15) is 13.2 Å². The van der Waals surface area contributed by atoms with E-state index in [1.807, 2.05) is 13.8 Å². The second-order valence-corrected chi connectivity index (χ2v) is 10.6. The molecule has 11 heteroatoms. The molecule has 1 aromatic heterocycles. The number of hydrogen-bond acceptors (Lipinski definition) is 5. The minimum atomic E-state index is -4.43. The van der Waals surface area contributed by atoms with Crippen molar-refractivity contribution in [2.24, 2.45) is 11.3 Å². The summed E-state index contributed by atoms with van der Waals surface area (Å²) in [6, 6.07) is 1.71. The Morgan fingerprint density at radius 2 is 1.90 bits per heavy atom. The van der Waals surface area contributed by atoms with Gasteiger partial charge in [-0.05, 0) is 37.3 Å². The van der Waals surface area contributed by atoms with E-state index >= 15 is 0 Å². The first kappa shape index (κ1) is 23.8. The van der Waals surface area contributed by atoms with Crippen molar-refractivity contribution >= 4 is 21.7 Å². The van der Waals surface area contributed by atoms with Crippen LogP contribution >= 0.6 is 0 Å². The minimum absolute atomic E-state index is 0.00282. The largest absolute Gasteiger partial charge is 0.416 e. The summed E-state index contributed by atoms with van der Waals surface area (Å²) in [5.74, 6) is 0.283. The quantitative estimate of drug-likeness (QED) is 0.727. The molecule has 1 saturated carbocycles. The van der Waals surface area contributed by atoms with Gasteiger partial charge >= 0.3 is 6.18 Å². The number of alkyl halides is 3. The molecule has 2 aliphatic rings. The lowest BCUT2D eigenvalue weighted by atomic mass is 9.74. The Morgan fingerprint density at radius 1 is 1.26 bits per heavy atom. The molecule has 1 aliphatic heterocycles. The molecule has 2 heterocycles. The Balaban J connectivity index is 1.68. The predicted molar refractivity (Wildman–Crippen MR) is 111 cm³/mol. The second-order valence-electron chi connectivity index (χ2n) is 8.82. The standard InChI is InChI=1S/C20H29F3N4O3S/c1-14(2)19(6-4-16(13-19)25-31(3,29)30)18(28)27-10-8-26(9-11-27)17-12-15(5-7-24-17)20(21,22)23/h5,7,12,14,16,25H,4,6,8-11,13H2,1-3H3. The minimum Gasteiger partial charge on any atom is -0.353 e. The molecule has 1 aliphatic carbocycles. The van der Waals surface area contributed by atoms with Crippen LogP contribution in [0.15, 0.2) is 18.3 Å². The number of aromatic nitrogens is 1. The van der Waals surface area contributed by atoms with Crippen molar-refractivity contribution in [3.8, 4) is 0 Å². The van der Waals surface area contributed by atoms with E-state index in [-0.39, 0.29) is 23.7 Å². The molecule has 0 radical (unpaired) electrons. The summed E-state index contributed by atoms with van der Waals surface area (Å²) in [4.78, 5) is 21.0. The van der Waals surface area contributed by atoms with Crippen molar-refractivity contribution in [3.05, 3.63) is 23.9 Å². The Labute approximate surface area is 181 Å². The molecule has 2 unspecified atom stereocenters. The van der Waals surface area contributed by atoms with E-state index in [9.17, 15) is 26.4 Å². The number of halogens is 3. The van der Waals surface area contributed by atoms with Gasteiger partial charge < -0.3 is 9.80 Å². The average molecular weight is 463 g/mol. The van der Waals surface area contributed by atoms with Crippen LogP contribution in [0.5, 0.6) is 0 Å². The third-order valence-electron chi connectivity index (χ3n) is 6.43. The molecule has 0 spiro atoms. The summed E-state index contributed by atoms with van der Waals surface area (Å²) in [6.45, 7) is 5.50. The van der Waals surface area contributed by atoms with Crippen molar-refractivity contribution in [2.45, 2.75) is 45.3 Å². The average Bonchev–Trinajstić information content (AvgIpc) is 3.10. The van der Waals surface area contributed by atoms with Crippen LogP contribution in [-0.4, -0.2) is 62.7 Å². The SMILES string of the molecule is CC(C)C1(C(=O)N2CCN(c3cc(C(F)(F)F)ccn3)CC2)CCC(NS(C)(=O)=O)C1. The molecule has 3 rings (SSSR count). The molecule has 1 saturated heterocycles. The van der Waals surface area contributed by atoms with Crippen LogP contribution in [0.2, 0.25) is 0 Å². The van der Waals surface area contributed by atoms with E-state index < -0.39 is 27.2 Å². The van der Waals surface area contributed by atoms with E-state index in [0.29, 0.717) is 45.4 Å². The number of nitrogens with one attached hydrogen (secondary N) is 1. The van der Waals surface area contributed by atoms with E-state index in [0.717, 1.165) is 24.6 Å². The van der Waals surface area contributed by atoms with E-state index in [1.165, 1.54) is 0 Å². The van der Waals surface area contributed by atoms with Crippen molar-refractivity contribution in [1.29, 1.82) is 0 Å². The van der Waals surface area contributed by atoms with E-state index in [2.05, 4.69) is 9.71 Å². The fourth-order valence-electron chi connectivity index (χ4n) is 4.67. The number of rotatable bonds is 5. The number of carbonyl (C=O) groups excluding carboxylic acids is 1. The molecule has 0 aromatic carbocycles. The normalized spacial score (nSPS) is 25.3. The van der Waals surface area contributed by atoms with Gasteiger partial charge in [0.1, 0.15) is 5.82 Å². The molecule has 2 fully saturated rings. The molecule has 2 atom stereocenters. The summed E-state index contributed by atoms with van der Waals surface area (Å²) in [6.07, 6.45) is -0.510. The molecule has 1 amide bonds. The molecule has 1 N–H and O–H groups in total. The van der Waals surface area contributed by atoms with Crippen LogP contribution in [0.25, 0.3) is 0 Å². The monoisotopic (exact) mass is 462 g/mol. The lowest BCUT2D eigenvalue weighted by Gasteiger charge is -2.42. The number of nitrogens with zero attached hydrogens (tertiary/aromatic N) is 3. The Morgan fingerprint density at radius 3 is 2.45 bits per heavy atom. The molecule has 31 heavy (non-hydrogen) atoms. The Hall–Kier alpha value is -1.88. The maximum Gasteiger partial charge on any atom is 0.416 e. The number of piperazine rings is 1. The zero-order valence-corrected chi connectivity index (χ0v) is 18.8. The summed E-state index contributed by atoms with van der Waals surface area (Å²) in [5.41, 5.74) is -1.39. The number of anilines is 1. The zero-order valence-electron chi connectivity index (χ0n) is 17.9. The first-order valence-corrected chi connectivity index (χ1v) is 12.3. The number of carbonyl (C=O) groups is 1. The van der Waals surface area contributed by atoms with Crippen LogP contribution in [0, 0.1) is 11.3 Å². The lowest BCUT2D eigenvalue weighted by molar-refractivity contribution is -0.145. The van der Waals surface area contributed by atoms with Crippen molar-refractivity contribution < 1.29 is 26.4 Å². The highest BCUT2D eigenvalue weighted by Gasteiger charge is 2.50. The number of amides is 1.